The van der Waals surface area contributed by atoms with Crippen LogP contribution in [-0.4, -0.2) is 25.4 Å². The highest BCUT2D eigenvalue weighted by atomic mass is 15.0. The lowest BCUT2D eigenvalue weighted by Crippen LogP contribution is -2.10. The van der Waals surface area contributed by atoms with Crippen LogP contribution >= 0.6 is 0 Å². The molecule has 7 aromatic carbocycles. The Bertz CT molecular complexity index is 2960. The van der Waals surface area contributed by atoms with E-state index in [1.807, 2.05) is 93.7 Å². The first-order valence-electron chi connectivity index (χ1n) is 23.5. The molecule has 0 unspecified atom stereocenters. The van der Waals surface area contributed by atoms with Crippen molar-refractivity contribution in [2.24, 2.45) is 15.0 Å². The van der Waals surface area contributed by atoms with E-state index in [9.17, 15) is 0 Å². The maximum atomic E-state index is 5.19. The van der Waals surface area contributed by atoms with Gasteiger partial charge >= 0.3 is 0 Å². The molecule has 0 spiro atoms. The summed E-state index contributed by atoms with van der Waals surface area (Å²) >= 11 is 0. The van der Waals surface area contributed by atoms with Crippen molar-refractivity contribution in [1.29, 1.82) is 0 Å². The third-order valence-electron chi connectivity index (χ3n) is 11.5. The second kappa shape index (κ2) is 24.6. The number of amidine groups is 2. The normalized spacial score (nSPS) is 13.7. The van der Waals surface area contributed by atoms with Crippen LogP contribution in [0.2, 0.25) is 0 Å². The Hall–Kier alpha value is -7.69. The molecule has 1 aliphatic carbocycles. The molecular weight excluding hydrogens is 813 g/mol. The minimum absolute atomic E-state index is 0.399. The summed E-state index contributed by atoms with van der Waals surface area (Å²) < 4.78 is 0. The van der Waals surface area contributed by atoms with Gasteiger partial charge in [-0.2, -0.15) is 0 Å². The Labute approximate surface area is 400 Å². The lowest BCUT2D eigenvalue weighted by Gasteiger charge is -2.19. The molecular formula is C63H64N4. The van der Waals surface area contributed by atoms with Crippen LogP contribution in [0.15, 0.2) is 215 Å². The number of fused-ring (bicyclic) bond motifs is 1. The number of rotatable bonds is 11. The van der Waals surface area contributed by atoms with Gasteiger partial charge in [-0.15, -0.1) is 0 Å². The molecule has 67 heavy (non-hydrogen) atoms. The highest BCUT2D eigenvalue weighted by molar-refractivity contribution is 6.12. The molecule has 336 valence electrons. The molecule has 0 bridgehead atoms. The van der Waals surface area contributed by atoms with Gasteiger partial charge in [0.15, 0.2) is 11.7 Å². The van der Waals surface area contributed by atoms with E-state index >= 15 is 0 Å². The average Bonchev–Trinajstić information content (AvgIpc) is 3.40. The van der Waals surface area contributed by atoms with E-state index in [4.69, 9.17) is 9.98 Å². The quantitative estimate of drug-likeness (QED) is 0.102. The van der Waals surface area contributed by atoms with Crippen LogP contribution in [0.4, 0.5) is 0 Å². The van der Waals surface area contributed by atoms with Gasteiger partial charge in [0.05, 0.1) is 6.54 Å². The largest absolute Gasteiger partial charge is 0.387 e. The van der Waals surface area contributed by atoms with E-state index in [1.165, 1.54) is 23.0 Å². The van der Waals surface area contributed by atoms with E-state index in [0.717, 1.165) is 90.7 Å². The summed E-state index contributed by atoms with van der Waals surface area (Å²) in [6, 6.07) is 55.3. The fraction of sp³-hybridized carbons (Fsp3) is 0.159. The third kappa shape index (κ3) is 11.8. The van der Waals surface area contributed by atoms with Gasteiger partial charge in [-0.05, 0) is 129 Å². The van der Waals surface area contributed by atoms with Gasteiger partial charge < -0.3 is 5.32 Å². The highest BCUT2D eigenvalue weighted by Crippen LogP contribution is 2.38. The predicted octanol–water partition coefficient (Wildman–Crippen LogP) is 16.9. The van der Waals surface area contributed by atoms with E-state index in [-0.39, 0.29) is 0 Å². The first-order chi connectivity index (χ1) is 32.9. The standard InChI is InChI=1S/C58H50N4.C3H8.C2H6/c1-6-41-20-15-16-27-52(41)56(59-4)44-32-30-43(31-33-44)49-34-40(39-61-58(46-23-13-10-14-24-46)62-57(60-5)45-21-11-9-12-22-45)35-50(37-49)47-25-19-26-48(36-47)55-38-42(7-2)51(8-3)53-28-17-18-29-54(53)55;1-3-2;1-2/h6-14,16-19,21-38,59H,2-3,5,15,20,39H2,1,4H3;3H2,1-2H3;1-2H3/b41-6-,56-52-,61-58?,62-57?;;. The zero-order chi connectivity index (χ0) is 47.5. The smallest absolute Gasteiger partial charge is 0.161 e. The molecule has 4 heteroatoms. The Morgan fingerprint density at radius 3 is 1.84 bits per heavy atom. The Morgan fingerprint density at radius 2 is 1.22 bits per heavy atom. The highest BCUT2D eigenvalue weighted by Gasteiger charge is 2.16. The van der Waals surface area contributed by atoms with Crippen molar-refractivity contribution in [2.75, 3.05) is 7.05 Å². The summed E-state index contributed by atoms with van der Waals surface area (Å²) in [5.74, 6) is 1.11. The fourth-order valence-corrected chi connectivity index (χ4v) is 8.35. The Kier molecular flexibility index (Phi) is 17.9. The molecule has 0 atom stereocenters. The van der Waals surface area contributed by atoms with E-state index in [0.29, 0.717) is 18.2 Å². The molecule has 0 aliphatic heterocycles. The van der Waals surface area contributed by atoms with Crippen LogP contribution in [0.25, 0.3) is 62.0 Å². The van der Waals surface area contributed by atoms with Gasteiger partial charge in [0.2, 0.25) is 0 Å². The summed E-state index contributed by atoms with van der Waals surface area (Å²) in [5, 5.41) is 5.83. The molecule has 0 amide bonds. The number of hydrogen-bond acceptors (Lipinski definition) is 2. The van der Waals surface area contributed by atoms with Crippen LogP contribution in [0.5, 0.6) is 0 Å². The number of nitrogens with one attached hydrogen (secondary N) is 1. The van der Waals surface area contributed by atoms with Crippen molar-refractivity contribution in [3.63, 3.8) is 0 Å². The molecule has 0 radical (unpaired) electrons. The van der Waals surface area contributed by atoms with Crippen LogP contribution in [-0.2, 0) is 6.54 Å². The van der Waals surface area contributed by atoms with Gasteiger partial charge in [0.25, 0.3) is 0 Å². The first kappa shape index (κ1) is 48.8. The summed E-state index contributed by atoms with van der Waals surface area (Å²) in [5.41, 5.74) is 16.6. The topological polar surface area (TPSA) is 49.1 Å². The molecule has 8 rings (SSSR count). The van der Waals surface area contributed by atoms with E-state index in [1.54, 1.807) is 0 Å². The molecule has 1 N–H and O–H groups in total. The average molecular weight is 877 g/mol. The molecule has 1 aliphatic rings. The number of aliphatic imine (C=N–C) groups is 3. The number of allylic oxidation sites excluding steroid dienone is 5. The molecule has 0 saturated heterocycles. The number of hydrogen-bond donors (Lipinski definition) is 1. The zero-order valence-corrected chi connectivity index (χ0v) is 40.2. The van der Waals surface area contributed by atoms with E-state index < -0.39 is 0 Å². The SMILES string of the molecule is C=Cc1cc(-c2cccc(-c3cc(CN=C(N=C(N=C)c4ccccc4)c4ccccc4)cc(-c4ccc(/C(NC)=C5\C=CCC\C5=C\C)cc4)c3)c2)c2ccccc2c1C=C.CC.CCC. The molecule has 4 nitrogen and oxygen atoms in total. The van der Waals surface area contributed by atoms with E-state index in [2.05, 4.69) is 166 Å². The predicted molar refractivity (Wildman–Crippen MR) is 295 cm³/mol. The number of benzene rings is 7. The Morgan fingerprint density at radius 1 is 0.627 bits per heavy atom. The minimum atomic E-state index is 0.399. The second-order valence-electron chi connectivity index (χ2n) is 15.9. The van der Waals surface area contributed by atoms with Crippen molar-refractivity contribution in [2.45, 2.75) is 60.4 Å². The molecule has 7 aromatic rings. The van der Waals surface area contributed by atoms with Gasteiger partial charge in [0, 0.05) is 29.4 Å². The zero-order valence-electron chi connectivity index (χ0n) is 40.2. The van der Waals surface area contributed by atoms with Gasteiger partial charge in [-0.3, -0.25) is 4.99 Å². The molecule has 0 heterocycles. The maximum absolute atomic E-state index is 5.19. The van der Waals surface area contributed by atoms with Crippen molar-refractivity contribution >= 4 is 47.0 Å². The van der Waals surface area contributed by atoms with Gasteiger partial charge in [-0.1, -0.05) is 205 Å². The fourth-order valence-electron chi connectivity index (χ4n) is 8.35. The summed E-state index contributed by atoms with van der Waals surface area (Å²) in [6.07, 6.45) is 14.0. The molecule has 0 aromatic heterocycles. The first-order valence-corrected chi connectivity index (χ1v) is 23.5. The lowest BCUT2D eigenvalue weighted by atomic mass is 9.89. The Balaban J connectivity index is 0.00000142. The van der Waals surface area contributed by atoms with Gasteiger partial charge in [0.1, 0.15) is 0 Å². The van der Waals surface area contributed by atoms with Crippen molar-refractivity contribution in [1.82, 2.24) is 5.32 Å². The monoisotopic (exact) mass is 877 g/mol. The van der Waals surface area contributed by atoms with Gasteiger partial charge in [-0.25, -0.2) is 9.98 Å². The second-order valence-corrected chi connectivity index (χ2v) is 15.9. The summed E-state index contributed by atoms with van der Waals surface area (Å²) in [4.78, 5) is 14.5. The van der Waals surface area contributed by atoms with Crippen molar-refractivity contribution < 1.29 is 0 Å². The van der Waals surface area contributed by atoms with Crippen LogP contribution < -0.4 is 5.32 Å². The molecule has 0 fully saturated rings. The third-order valence-corrected chi connectivity index (χ3v) is 11.5. The van der Waals surface area contributed by atoms with Crippen molar-refractivity contribution in [3.8, 4) is 33.4 Å². The van der Waals surface area contributed by atoms with Crippen LogP contribution in [0.1, 0.15) is 87.3 Å². The summed E-state index contributed by atoms with van der Waals surface area (Å²) in [7, 11) is 2.01. The maximum Gasteiger partial charge on any atom is 0.161 e. The minimum Gasteiger partial charge on any atom is -0.387 e. The summed E-state index contributed by atoms with van der Waals surface area (Å²) in [6.45, 7) is 22.9. The van der Waals surface area contributed by atoms with Crippen LogP contribution in [0.3, 0.4) is 0 Å². The number of nitrogens with zero attached hydrogens (tertiary/aromatic N) is 3. The lowest BCUT2D eigenvalue weighted by molar-refractivity contribution is 0.956. The van der Waals surface area contributed by atoms with Crippen LogP contribution in [0, 0.1) is 0 Å². The van der Waals surface area contributed by atoms with Crippen molar-refractivity contribution in [3.05, 3.63) is 234 Å². The molecule has 0 saturated carbocycles.